The van der Waals surface area contributed by atoms with E-state index in [-0.39, 0.29) is 0 Å². The van der Waals surface area contributed by atoms with Gasteiger partial charge in [0.2, 0.25) is 0 Å². The van der Waals surface area contributed by atoms with E-state index in [1.807, 2.05) is 18.2 Å². The number of allylic oxidation sites excluding steroid dienone is 2. The molecule has 0 N–H and O–H groups in total. The summed E-state index contributed by atoms with van der Waals surface area (Å²) in [6.07, 6.45) is 9.76. The van der Waals surface area contributed by atoms with Crippen molar-refractivity contribution in [2.24, 2.45) is 0 Å². The maximum atomic E-state index is 4.09. The van der Waals surface area contributed by atoms with Crippen molar-refractivity contribution in [2.45, 2.75) is 26.7 Å². The lowest BCUT2D eigenvalue weighted by molar-refractivity contribution is 1.08. The number of aromatic nitrogens is 2. The molecule has 0 saturated heterocycles. The summed E-state index contributed by atoms with van der Waals surface area (Å²) in [4.78, 5) is 0. The highest BCUT2D eigenvalue weighted by Crippen LogP contribution is 2.32. The molecule has 0 aliphatic rings. The van der Waals surface area contributed by atoms with Crippen molar-refractivity contribution in [1.82, 2.24) is 9.13 Å². The summed E-state index contributed by atoms with van der Waals surface area (Å²) in [6.45, 7) is 12.3. The lowest BCUT2D eigenvalue weighted by atomic mass is 10.00. The monoisotopic (exact) mass is 594 g/mol. The van der Waals surface area contributed by atoms with Crippen molar-refractivity contribution in [1.29, 1.82) is 0 Å². The molecule has 0 atom stereocenters. The summed E-state index contributed by atoms with van der Waals surface area (Å²) in [6, 6.07) is 44.2. The molecular formula is C44H38N2. The fourth-order valence-electron chi connectivity index (χ4n) is 6.77. The van der Waals surface area contributed by atoms with Crippen LogP contribution >= 0.6 is 0 Å². The zero-order valence-corrected chi connectivity index (χ0v) is 26.6. The topological polar surface area (TPSA) is 9.86 Å². The number of hydrogen-bond donors (Lipinski definition) is 0. The maximum absolute atomic E-state index is 4.09. The van der Waals surface area contributed by atoms with Crippen molar-refractivity contribution >= 4 is 34.0 Å². The Morgan fingerprint density at radius 2 is 0.891 bits per heavy atom. The van der Waals surface area contributed by atoms with Gasteiger partial charge >= 0.3 is 0 Å². The van der Waals surface area contributed by atoms with Gasteiger partial charge in [-0.05, 0) is 109 Å². The number of rotatable bonds is 9. The minimum Gasteiger partial charge on any atom is -0.310 e. The minimum atomic E-state index is 0.903. The summed E-state index contributed by atoms with van der Waals surface area (Å²) in [5.74, 6) is 0. The average Bonchev–Trinajstić information content (AvgIpc) is 3.55. The van der Waals surface area contributed by atoms with E-state index in [1.54, 1.807) is 0 Å². The molecule has 224 valence electrons. The van der Waals surface area contributed by atoms with Crippen molar-refractivity contribution < 1.29 is 0 Å². The molecule has 0 fully saturated rings. The van der Waals surface area contributed by atoms with Gasteiger partial charge in [0.15, 0.2) is 0 Å². The number of benzene rings is 5. The Bertz CT molecular complexity index is 2220. The summed E-state index contributed by atoms with van der Waals surface area (Å²) in [7, 11) is 0. The van der Waals surface area contributed by atoms with E-state index in [9.17, 15) is 0 Å². The highest BCUT2D eigenvalue weighted by molar-refractivity contribution is 5.90. The zero-order chi connectivity index (χ0) is 31.6. The standard InChI is InChI=1S/C44H38N2/c1-5-7-14-42-32(4)40-13-9-11-16-44(40)46(42)38-27-23-36(24-28-38)30-34-19-17-33(18-20-34)29-35-21-25-37(26-22-35)45-41(6-2)31(3)39-12-8-10-15-43(39)45/h5-28H,1-2,29-30H2,3-4H3/b14-7-. The first kappa shape index (κ1) is 29.1. The van der Waals surface area contributed by atoms with E-state index in [2.05, 4.69) is 164 Å². The van der Waals surface area contributed by atoms with E-state index in [0.29, 0.717) is 0 Å². The molecule has 2 heterocycles. The van der Waals surface area contributed by atoms with Gasteiger partial charge in [-0.1, -0.05) is 110 Å². The molecule has 0 spiro atoms. The van der Waals surface area contributed by atoms with Gasteiger partial charge in [0, 0.05) is 33.5 Å². The molecule has 0 unspecified atom stereocenters. The highest BCUT2D eigenvalue weighted by atomic mass is 15.0. The molecule has 2 heteroatoms. The van der Waals surface area contributed by atoms with E-state index < -0.39 is 0 Å². The van der Waals surface area contributed by atoms with Crippen LogP contribution < -0.4 is 0 Å². The van der Waals surface area contributed by atoms with Crippen molar-refractivity contribution in [3.63, 3.8) is 0 Å². The molecule has 0 bridgehead atoms. The van der Waals surface area contributed by atoms with Crippen LogP contribution in [-0.4, -0.2) is 9.13 Å². The van der Waals surface area contributed by atoms with E-state index in [0.717, 1.165) is 24.2 Å². The van der Waals surface area contributed by atoms with Crippen molar-refractivity contribution in [2.75, 3.05) is 0 Å². The lowest BCUT2D eigenvalue weighted by Gasteiger charge is -2.11. The van der Waals surface area contributed by atoms with Gasteiger partial charge in [-0.3, -0.25) is 0 Å². The third kappa shape index (κ3) is 5.33. The summed E-state index contributed by atoms with van der Waals surface area (Å²) in [5, 5.41) is 2.55. The molecule has 0 aliphatic carbocycles. The SMILES string of the molecule is C=C/C=C\c1c(C)c2ccccc2n1-c1ccc(Cc2ccc(Cc3ccc(-n4c(C=C)c(C)c5ccccc54)cc3)cc2)cc1. The first-order chi connectivity index (χ1) is 22.6. The lowest BCUT2D eigenvalue weighted by Crippen LogP contribution is -1.98. The normalized spacial score (nSPS) is 11.5. The van der Waals surface area contributed by atoms with Crippen molar-refractivity contribution in [3.05, 3.63) is 191 Å². The Balaban J connectivity index is 1.06. The molecule has 0 radical (unpaired) electrons. The van der Waals surface area contributed by atoms with Crippen molar-refractivity contribution in [3.8, 4) is 11.4 Å². The van der Waals surface area contributed by atoms with Crippen LogP contribution in [0.2, 0.25) is 0 Å². The first-order valence-corrected chi connectivity index (χ1v) is 15.9. The molecular weight excluding hydrogens is 556 g/mol. The van der Waals surface area contributed by atoms with E-state index in [4.69, 9.17) is 0 Å². The number of aryl methyl sites for hydroxylation is 2. The molecule has 2 aromatic heterocycles. The van der Waals surface area contributed by atoms with Crippen LogP contribution in [0.5, 0.6) is 0 Å². The molecule has 5 aromatic carbocycles. The second kappa shape index (κ2) is 12.4. The van der Waals surface area contributed by atoms with Gasteiger partial charge in [0.25, 0.3) is 0 Å². The largest absolute Gasteiger partial charge is 0.310 e. The Kier molecular flexibility index (Phi) is 7.86. The first-order valence-electron chi connectivity index (χ1n) is 15.9. The van der Waals surface area contributed by atoms with Crippen LogP contribution in [0.1, 0.15) is 44.8 Å². The second-order valence-electron chi connectivity index (χ2n) is 12.0. The van der Waals surface area contributed by atoms with E-state index in [1.165, 1.54) is 66.6 Å². The zero-order valence-electron chi connectivity index (χ0n) is 26.6. The van der Waals surface area contributed by atoms with E-state index >= 15 is 0 Å². The predicted molar refractivity (Wildman–Crippen MR) is 197 cm³/mol. The summed E-state index contributed by atoms with van der Waals surface area (Å²) >= 11 is 0. The van der Waals surface area contributed by atoms with Gasteiger partial charge in [0.05, 0.1) is 11.0 Å². The van der Waals surface area contributed by atoms with Crippen LogP contribution in [-0.2, 0) is 12.8 Å². The quantitative estimate of drug-likeness (QED) is 0.147. The fourth-order valence-corrected chi connectivity index (χ4v) is 6.77. The van der Waals surface area contributed by atoms with Gasteiger partial charge in [-0.15, -0.1) is 0 Å². The molecule has 0 amide bonds. The Morgan fingerprint density at radius 1 is 0.500 bits per heavy atom. The Labute approximate surface area is 271 Å². The number of para-hydroxylation sites is 2. The van der Waals surface area contributed by atoms with Crippen LogP contribution in [0.25, 0.3) is 45.3 Å². The molecule has 46 heavy (non-hydrogen) atoms. The van der Waals surface area contributed by atoms with Gasteiger partial charge < -0.3 is 9.13 Å². The molecule has 0 saturated carbocycles. The maximum Gasteiger partial charge on any atom is 0.0537 e. The molecule has 2 nitrogen and oxygen atoms in total. The van der Waals surface area contributed by atoms with Gasteiger partial charge in [-0.25, -0.2) is 0 Å². The van der Waals surface area contributed by atoms with Crippen LogP contribution in [0.4, 0.5) is 0 Å². The third-order valence-corrected chi connectivity index (χ3v) is 9.16. The predicted octanol–water partition coefficient (Wildman–Crippen LogP) is 11.2. The summed E-state index contributed by atoms with van der Waals surface area (Å²) < 4.78 is 4.65. The number of hydrogen-bond acceptors (Lipinski definition) is 0. The second-order valence-corrected chi connectivity index (χ2v) is 12.0. The molecule has 0 aliphatic heterocycles. The highest BCUT2D eigenvalue weighted by Gasteiger charge is 2.14. The van der Waals surface area contributed by atoms with Crippen LogP contribution in [0, 0.1) is 13.8 Å². The number of fused-ring (bicyclic) bond motifs is 2. The smallest absolute Gasteiger partial charge is 0.0537 e. The number of nitrogens with zero attached hydrogens (tertiary/aromatic N) is 2. The molecule has 7 aromatic rings. The van der Waals surface area contributed by atoms with Crippen LogP contribution in [0.15, 0.2) is 147 Å². The summed E-state index contributed by atoms with van der Waals surface area (Å²) in [5.41, 5.74) is 14.9. The Morgan fingerprint density at radius 3 is 1.33 bits per heavy atom. The average molecular weight is 595 g/mol. The van der Waals surface area contributed by atoms with Gasteiger partial charge in [-0.2, -0.15) is 0 Å². The minimum absolute atomic E-state index is 0.903. The molecule has 7 rings (SSSR count). The van der Waals surface area contributed by atoms with Gasteiger partial charge in [0.1, 0.15) is 0 Å². The Hall–Kier alpha value is -5.60. The fraction of sp³-hybridized carbons (Fsp3) is 0.0909. The van der Waals surface area contributed by atoms with Crippen LogP contribution in [0.3, 0.4) is 0 Å². The third-order valence-electron chi connectivity index (χ3n) is 9.16.